The number of nitrogens with two attached hydrogens (primary N) is 1. The number of amides is 1. The first-order chi connectivity index (χ1) is 9.63. The number of nitrogens with zero attached hydrogens (tertiary/aromatic N) is 1. The molecule has 0 saturated heterocycles. The molecule has 0 aliphatic carbocycles. The lowest BCUT2D eigenvalue weighted by molar-refractivity contribution is 0.102. The van der Waals surface area contributed by atoms with Gasteiger partial charge in [0.25, 0.3) is 5.91 Å². The highest BCUT2D eigenvalue weighted by molar-refractivity contribution is 6.03. The van der Waals surface area contributed by atoms with Gasteiger partial charge in [-0.3, -0.25) is 9.78 Å². The molecule has 2 aromatic rings. The highest BCUT2D eigenvalue weighted by atomic mass is 16.5. The van der Waals surface area contributed by atoms with E-state index in [0.29, 0.717) is 22.9 Å². The zero-order valence-electron chi connectivity index (χ0n) is 11.2. The van der Waals surface area contributed by atoms with Crippen LogP contribution in [0, 0.1) is 0 Å². The molecule has 1 aromatic carbocycles. The second-order valence-electron chi connectivity index (χ2n) is 4.00. The number of methoxy groups -OCH3 is 2. The van der Waals surface area contributed by atoms with Crippen molar-refractivity contribution in [2.75, 3.05) is 25.3 Å². The van der Waals surface area contributed by atoms with Gasteiger partial charge in [-0.15, -0.1) is 0 Å². The van der Waals surface area contributed by atoms with Crippen LogP contribution in [-0.2, 0) is 0 Å². The Morgan fingerprint density at radius 2 is 1.90 bits per heavy atom. The lowest BCUT2D eigenvalue weighted by Gasteiger charge is -2.10. The molecular formula is C14H15N3O3. The van der Waals surface area contributed by atoms with Crippen molar-refractivity contribution in [1.82, 2.24) is 4.98 Å². The van der Waals surface area contributed by atoms with E-state index in [-0.39, 0.29) is 11.6 Å². The zero-order valence-corrected chi connectivity index (χ0v) is 11.2. The molecule has 3 N–H and O–H groups in total. The van der Waals surface area contributed by atoms with E-state index in [0.717, 1.165) is 0 Å². The Balaban J connectivity index is 2.19. The van der Waals surface area contributed by atoms with Gasteiger partial charge >= 0.3 is 0 Å². The summed E-state index contributed by atoms with van der Waals surface area (Å²) in [7, 11) is 3.08. The maximum atomic E-state index is 12.0. The summed E-state index contributed by atoms with van der Waals surface area (Å²) in [5.74, 6) is 0.780. The molecule has 6 nitrogen and oxygen atoms in total. The summed E-state index contributed by atoms with van der Waals surface area (Å²) in [6, 6.07) is 8.22. The van der Waals surface area contributed by atoms with E-state index >= 15 is 0 Å². The third-order valence-electron chi connectivity index (χ3n) is 2.66. The predicted octanol–water partition coefficient (Wildman–Crippen LogP) is 1.93. The number of benzene rings is 1. The van der Waals surface area contributed by atoms with Crippen LogP contribution in [0.5, 0.6) is 11.5 Å². The average Bonchev–Trinajstić information content (AvgIpc) is 2.47. The van der Waals surface area contributed by atoms with Crippen molar-refractivity contribution in [1.29, 1.82) is 0 Å². The summed E-state index contributed by atoms with van der Waals surface area (Å²) in [5.41, 5.74) is 6.93. The SMILES string of the molecule is COc1ccc(NC(=O)c2cc(N)ccn2)cc1OC. The number of ether oxygens (including phenoxy) is 2. The fourth-order valence-corrected chi connectivity index (χ4v) is 1.68. The fourth-order valence-electron chi connectivity index (χ4n) is 1.68. The van der Waals surface area contributed by atoms with Crippen molar-refractivity contribution >= 4 is 17.3 Å². The number of anilines is 2. The molecule has 6 heteroatoms. The molecule has 2 rings (SSSR count). The van der Waals surface area contributed by atoms with Crippen LogP contribution in [-0.4, -0.2) is 25.1 Å². The maximum Gasteiger partial charge on any atom is 0.274 e. The van der Waals surface area contributed by atoms with Gasteiger partial charge in [0.05, 0.1) is 14.2 Å². The molecule has 104 valence electrons. The van der Waals surface area contributed by atoms with E-state index in [1.165, 1.54) is 19.4 Å². The van der Waals surface area contributed by atoms with Crippen LogP contribution in [0.4, 0.5) is 11.4 Å². The lowest BCUT2D eigenvalue weighted by Crippen LogP contribution is -2.14. The number of rotatable bonds is 4. The molecule has 1 amide bonds. The van der Waals surface area contributed by atoms with Gasteiger partial charge in [0, 0.05) is 23.6 Å². The number of carbonyl (C=O) groups is 1. The Labute approximate surface area is 116 Å². The number of aromatic nitrogens is 1. The fraction of sp³-hybridized carbons (Fsp3) is 0.143. The summed E-state index contributed by atoms with van der Waals surface area (Å²) in [6.45, 7) is 0. The van der Waals surface area contributed by atoms with E-state index in [2.05, 4.69) is 10.3 Å². The molecule has 0 saturated carbocycles. The molecule has 0 spiro atoms. The molecule has 0 bridgehead atoms. The first kappa shape index (κ1) is 13.7. The van der Waals surface area contributed by atoms with Gasteiger partial charge in [0.2, 0.25) is 0 Å². The minimum Gasteiger partial charge on any atom is -0.493 e. The second kappa shape index (κ2) is 5.92. The number of pyridine rings is 1. The van der Waals surface area contributed by atoms with Crippen LogP contribution in [0.2, 0.25) is 0 Å². The first-order valence-corrected chi connectivity index (χ1v) is 5.89. The molecule has 0 aliphatic rings. The molecule has 0 unspecified atom stereocenters. The molecule has 0 fully saturated rings. The minimum absolute atomic E-state index is 0.250. The van der Waals surface area contributed by atoms with Crippen LogP contribution < -0.4 is 20.5 Å². The number of nitrogens with one attached hydrogen (secondary N) is 1. The van der Waals surface area contributed by atoms with Crippen LogP contribution in [0.3, 0.4) is 0 Å². The van der Waals surface area contributed by atoms with Crippen LogP contribution in [0.15, 0.2) is 36.5 Å². The third-order valence-corrected chi connectivity index (χ3v) is 2.66. The molecule has 0 aliphatic heterocycles. The summed E-state index contributed by atoms with van der Waals surface area (Å²) < 4.78 is 10.3. The van der Waals surface area contributed by atoms with Gasteiger partial charge < -0.3 is 20.5 Å². The number of hydrogen-bond donors (Lipinski definition) is 2. The monoisotopic (exact) mass is 273 g/mol. The van der Waals surface area contributed by atoms with Crippen molar-refractivity contribution in [3.8, 4) is 11.5 Å². The molecule has 0 atom stereocenters. The first-order valence-electron chi connectivity index (χ1n) is 5.89. The highest BCUT2D eigenvalue weighted by Gasteiger charge is 2.10. The van der Waals surface area contributed by atoms with Gasteiger partial charge in [-0.25, -0.2) is 0 Å². The Morgan fingerprint density at radius 3 is 2.55 bits per heavy atom. The van der Waals surface area contributed by atoms with Crippen molar-refractivity contribution in [3.05, 3.63) is 42.2 Å². The topological polar surface area (TPSA) is 86.5 Å². The van der Waals surface area contributed by atoms with E-state index in [9.17, 15) is 4.79 Å². The Morgan fingerprint density at radius 1 is 1.15 bits per heavy atom. The van der Waals surface area contributed by atoms with Crippen molar-refractivity contribution < 1.29 is 14.3 Å². The Hall–Kier alpha value is -2.76. The van der Waals surface area contributed by atoms with E-state index < -0.39 is 0 Å². The van der Waals surface area contributed by atoms with Gasteiger partial charge in [-0.1, -0.05) is 0 Å². The van der Waals surface area contributed by atoms with E-state index in [1.807, 2.05) is 0 Å². The van der Waals surface area contributed by atoms with Crippen LogP contribution in [0.25, 0.3) is 0 Å². The van der Waals surface area contributed by atoms with Crippen molar-refractivity contribution in [3.63, 3.8) is 0 Å². The predicted molar refractivity (Wildman–Crippen MR) is 76.1 cm³/mol. The van der Waals surface area contributed by atoms with Crippen molar-refractivity contribution in [2.45, 2.75) is 0 Å². The summed E-state index contributed by atoms with van der Waals surface area (Å²) in [4.78, 5) is 16.0. The van der Waals surface area contributed by atoms with Gasteiger partial charge in [0.1, 0.15) is 5.69 Å². The van der Waals surface area contributed by atoms with Crippen molar-refractivity contribution in [2.24, 2.45) is 0 Å². The second-order valence-corrected chi connectivity index (χ2v) is 4.00. The molecule has 20 heavy (non-hydrogen) atoms. The van der Waals surface area contributed by atoms with E-state index in [4.69, 9.17) is 15.2 Å². The zero-order chi connectivity index (χ0) is 14.5. The van der Waals surface area contributed by atoms with Gasteiger partial charge in [-0.05, 0) is 24.3 Å². The van der Waals surface area contributed by atoms with Crippen LogP contribution in [0.1, 0.15) is 10.5 Å². The summed E-state index contributed by atoms with van der Waals surface area (Å²) >= 11 is 0. The summed E-state index contributed by atoms with van der Waals surface area (Å²) in [6.07, 6.45) is 1.48. The number of nitrogen functional groups attached to an aromatic ring is 1. The molecule has 1 heterocycles. The highest BCUT2D eigenvalue weighted by Crippen LogP contribution is 2.29. The standard InChI is InChI=1S/C14H15N3O3/c1-19-12-4-3-10(8-13(12)20-2)17-14(18)11-7-9(15)5-6-16-11/h3-8H,1-2H3,(H2,15,16)(H,17,18). The molecule has 0 radical (unpaired) electrons. The third kappa shape index (κ3) is 2.97. The largest absolute Gasteiger partial charge is 0.493 e. The minimum atomic E-state index is -0.343. The van der Waals surface area contributed by atoms with Crippen LogP contribution >= 0.6 is 0 Å². The Bertz CT molecular complexity index is 629. The molecular weight excluding hydrogens is 258 g/mol. The lowest BCUT2D eigenvalue weighted by atomic mass is 10.2. The normalized spacial score (nSPS) is 9.90. The summed E-state index contributed by atoms with van der Waals surface area (Å²) in [5, 5.41) is 2.72. The quantitative estimate of drug-likeness (QED) is 0.889. The molecule has 1 aromatic heterocycles. The van der Waals surface area contributed by atoms with Gasteiger partial charge in [-0.2, -0.15) is 0 Å². The van der Waals surface area contributed by atoms with Gasteiger partial charge in [0.15, 0.2) is 11.5 Å². The number of carbonyl (C=O) groups excluding carboxylic acids is 1. The number of hydrogen-bond acceptors (Lipinski definition) is 5. The Kier molecular flexibility index (Phi) is 4.05. The maximum absolute atomic E-state index is 12.0. The smallest absolute Gasteiger partial charge is 0.274 e. The average molecular weight is 273 g/mol. The van der Waals surface area contributed by atoms with E-state index in [1.54, 1.807) is 31.4 Å².